The van der Waals surface area contributed by atoms with Gasteiger partial charge in [0.05, 0.1) is 12.8 Å². The highest BCUT2D eigenvalue weighted by Crippen LogP contribution is 2.32. The minimum Gasteiger partial charge on any atom is -0.495 e. The fraction of sp³-hybridized carbons (Fsp3) is 0.188. The van der Waals surface area contributed by atoms with E-state index in [0.717, 1.165) is 11.3 Å². The molecule has 8 heteroatoms. The summed E-state index contributed by atoms with van der Waals surface area (Å²) < 4.78 is 10.4. The lowest BCUT2D eigenvalue weighted by Crippen LogP contribution is -2.00. The largest absolute Gasteiger partial charge is 0.495 e. The molecule has 2 aromatic heterocycles. The Morgan fingerprint density at radius 3 is 2.42 bits per heavy atom. The third kappa shape index (κ3) is 3.57. The molecule has 0 saturated heterocycles. The Morgan fingerprint density at radius 1 is 1.00 bits per heavy atom. The highest BCUT2D eigenvalue weighted by molar-refractivity contribution is 6.31. The van der Waals surface area contributed by atoms with Crippen LogP contribution in [0.5, 0.6) is 5.75 Å². The van der Waals surface area contributed by atoms with Gasteiger partial charge in [0.1, 0.15) is 29.5 Å². The molecule has 124 valence electrons. The molecular weight excluding hydrogens is 330 g/mol. The maximum atomic E-state index is 6.13. The quantitative estimate of drug-likeness (QED) is 0.715. The van der Waals surface area contributed by atoms with Crippen LogP contribution in [0.25, 0.3) is 0 Å². The SMILES string of the molecule is COc1cc(Cl)c(C)cc1Nc1cc(Nc2cc(C)on2)ncn1. The summed E-state index contributed by atoms with van der Waals surface area (Å²) in [4.78, 5) is 8.38. The van der Waals surface area contributed by atoms with Crippen molar-refractivity contribution in [1.82, 2.24) is 15.1 Å². The Balaban J connectivity index is 1.83. The molecule has 3 aromatic rings. The van der Waals surface area contributed by atoms with Gasteiger partial charge < -0.3 is 19.9 Å². The number of ether oxygens (including phenoxy) is 1. The number of halogens is 1. The van der Waals surface area contributed by atoms with E-state index >= 15 is 0 Å². The van der Waals surface area contributed by atoms with Crippen LogP contribution in [0, 0.1) is 13.8 Å². The van der Waals surface area contributed by atoms with Crippen LogP contribution >= 0.6 is 11.6 Å². The molecule has 0 radical (unpaired) electrons. The van der Waals surface area contributed by atoms with E-state index in [1.165, 1.54) is 6.33 Å². The van der Waals surface area contributed by atoms with Crippen molar-refractivity contribution in [3.63, 3.8) is 0 Å². The van der Waals surface area contributed by atoms with Crippen molar-refractivity contribution in [3.05, 3.63) is 46.9 Å². The van der Waals surface area contributed by atoms with Crippen molar-refractivity contribution < 1.29 is 9.26 Å². The molecular formula is C16H16ClN5O2. The van der Waals surface area contributed by atoms with Crippen LogP contribution in [0.15, 0.2) is 35.1 Å². The predicted octanol–water partition coefficient (Wildman–Crippen LogP) is 4.23. The number of aryl methyl sites for hydroxylation is 2. The molecule has 0 fully saturated rings. The molecule has 24 heavy (non-hydrogen) atoms. The second kappa shape index (κ2) is 6.76. The first kappa shape index (κ1) is 16.1. The summed E-state index contributed by atoms with van der Waals surface area (Å²) in [7, 11) is 1.59. The minimum absolute atomic E-state index is 0.581. The lowest BCUT2D eigenvalue weighted by molar-refractivity contribution is 0.400. The molecule has 2 N–H and O–H groups in total. The van der Waals surface area contributed by atoms with Crippen LogP contribution in [-0.2, 0) is 0 Å². The molecule has 2 heterocycles. The number of rotatable bonds is 5. The van der Waals surface area contributed by atoms with Gasteiger partial charge in [0.25, 0.3) is 0 Å². The molecule has 0 bridgehead atoms. The van der Waals surface area contributed by atoms with E-state index in [9.17, 15) is 0 Å². The second-order valence-electron chi connectivity index (χ2n) is 5.16. The van der Waals surface area contributed by atoms with Gasteiger partial charge in [-0.05, 0) is 25.5 Å². The number of nitrogens with zero attached hydrogens (tertiary/aromatic N) is 3. The number of hydrogen-bond acceptors (Lipinski definition) is 7. The number of anilines is 4. The first-order valence-electron chi connectivity index (χ1n) is 7.18. The van der Waals surface area contributed by atoms with Crippen LogP contribution in [0.4, 0.5) is 23.1 Å². The zero-order chi connectivity index (χ0) is 17.1. The highest BCUT2D eigenvalue weighted by Gasteiger charge is 2.09. The molecule has 0 atom stereocenters. The van der Waals surface area contributed by atoms with E-state index in [-0.39, 0.29) is 0 Å². The smallest absolute Gasteiger partial charge is 0.175 e. The summed E-state index contributed by atoms with van der Waals surface area (Å²) in [6.07, 6.45) is 1.45. The number of nitrogens with one attached hydrogen (secondary N) is 2. The summed E-state index contributed by atoms with van der Waals surface area (Å²) in [5, 5.41) is 10.8. The molecule has 0 aliphatic carbocycles. The zero-order valence-corrected chi connectivity index (χ0v) is 14.2. The first-order valence-corrected chi connectivity index (χ1v) is 7.56. The van der Waals surface area contributed by atoms with Gasteiger partial charge in [0, 0.05) is 23.2 Å². The topological polar surface area (TPSA) is 85.1 Å². The molecule has 0 unspecified atom stereocenters. The highest BCUT2D eigenvalue weighted by atomic mass is 35.5. The van der Waals surface area contributed by atoms with E-state index in [4.69, 9.17) is 20.9 Å². The monoisotopic (exact) mass is 345 g/mol. The molecule has 7 nitrogen and oxygen atoms in total. The molecule has 1 aromatic carbocycles. The van der Waals surface area contributed by atoms with E-state index in [2.05, 4.69) is 25.8 Å². The standard InChI is InChI=1S/C16H16ClN5O2/c1-9-4-12(13(23-3)6-11(9)17)20-14-7-15(19-8-18-14)21-16-5-10(2)24-22-16/h4-8H,1-3H3,(H2,18,19,20,21,22). The molecule has 0 aliphatic heterocycles. The van der Waals surface area contributed by atoms with Gasteiger partial charge in [-0.15, -0.1) is 0 Å². The van der Waals surface area contributed by atoms with Gasteiger partial charge in [-0.2, -0.15) is 0 Å². The summed E-state index contributed by atoms with van der Waals surface area (Å²) in [5.74, 6) is 3.12. The van der Waals surface area contributed by atoms with Crippen LogP contribution in [0.1, 0.15) is 11.3 Å². The lowest BCUT2D eigenvalue weighted by Gasteiger charge is -2.13. The molecule has 0 saturated carbocycles. The van der Waals surface area contributed by atoms with Crippen molar-refractivity contribution in [1.29, 1.82) is 0 Å². The van der Waals surface area contributed by atoms with Gasteiger partial charge in [-0.25, -0.2) is 9.97 Å². The average molecular weight is 346 g/mol. The van der Waals surface area contributed by atoms with Crippen molar-refractivity contribution in [2.45, 2.75) is 13.8 Å². The van der Waals surface area contributed by atoms with Crippen LogP contribution < -0.4 is 15.4 Å². The van der Waals surface area contributed by atoms with E-state index in [1.807, 2.05) is 19.9 Å². The Bertz CT molecular complexity index is 865. The number of methoxy groups -OCH3 is 1. The zero-order valence-electron chi connectivity index (χ0n) is 13.4. The normalized spacial score (nSPS) is 10.5. The fourth-order valence-electron chi connectivity index (χ4n) is 2.12. The van der Waals surface area contributed by atoms with Crippen molar-refractivity contribution >= 4 is 34.7 Å². The molecule has 0 aliphatic rings. The van der Waals surface area contributed by atoms with Crippen molar-refractivity contribution in [2.75, 3.05) is 17.7 Å². The molecule has 3 rings (SSSR count). The van der Waals surface area contributed by atoms with Crippen LogP contribution in [0.3, 0.4) is 0 Å². The first-order chi connectivity index (χ1) is 11.5. The third-order valence-corrected chi connectivity index (χ3v) is 3.70. The maximum Gasteiger partial charge on any atom is 0.175 e. The Kier molecular flexibility index (Phi) is 4.52. The number of hydrogen-bond donors (Lipinski definition) is 2. The maximum absolute atomic E-state index is 6.13. The van der Waals surface area contributed by atoms with Gasteiger partial charge in [-0.1, -0.05) is 16.8 Å². The van der Waals surface area contributed by atoms with Gasteiger partial charge in [0.15, 0.2) is 5.82 Å². The Labute approximate surface area is 144 Å². The van der Waals surface area contributed by atoms with Gasteiger partial charge in [-0.3, -0.25) is 0 Å². The van der Waals surface area contributed by atoms with Gasteiger partial charge >= 0.3 is 0 Å². The van der Waals surface area contributed by atoms with Crippen LogP contribution in [0.2, 0.25) is 5.02 Å². The second-order valence-corrected chi connectivity index (χ2v) is 5.57. The Hall–Kier alpha value is -2.80. The van der Waals surface area contributed by atoms with Crippen LogP contribution in [-0.4, -0.2) is 22.2 Å². The predicted molar refractivity (Wildman–Crippen MR) is 92.6 cm³/mol. The van der Waals surface area contributed by atoms with E-state index < -0.39 is 0 Å². The lowest BCUT2D eigenvalue weighted by atomic mass is 10.2. The summed E-state index contributed by atoms with van der Waals surface area (Å²) in [6.45, 7) is 3.74. The fourth-order valence-corrected chi connectivity index (χ4v) is 2.27. The minimum atomic E-state index is 0.581. The molecule has 0 spiro atoms. The average Bonchev–Trinajstić information content (AvgIpc) is 2.96. The summed E-state index contributed by atoms with van der Waals surface area (Å²) in [5.41, 5.74) is 1.70. The molecule has 0 amide bonds. The number of benzene rings is 1. The van der Waals surface area contributed by atoms with Crippen molar-refractivity contribution in [2.24, 2.45) is 0 Å². The Morgan fingerprint density at radius 2 is 1.75 bits per heavy atom. The summed E-state index contributed by atoms with van der Waals surface area (Å²) >= 11 is 6.13. The summed E-state index contributed by atoms with van der Waals surface area (Å²) in [6, 6.07) is 7.20. The van der Waals surface area contributed by atoms with Gasteiger partial charge in [0.2, 0.25) is 0 Å². The van der Waals surface area contributed by atoms with E-state index in [0.29, 0.717) is 34.0 Å². The van der Waals surface area contributed by atoms with Crippen molar-refractivity contribution in [3.8, 4) is 5.75 Å². The van der Waals surface area contributed by atoms with E-state index in [1.54, 1.807) is 25.3 Å². The third-order valence-electron chi connectivity index (χ3n) is 3.29. The number of aromatic nitrogens is 3.